The molecule has 0 aromatic heterocycles. The summed E-state index contributed by atoms with van der Waals surface area (Å²) in [5, 5.41) is 3.04. The Bertz CT molecular complexity index is 325. The average Bonchev–Trinajstić information content (AvgIpc) is 2.18. The highest BCUT2D eigenvalue weighted by Gasteiger charge is 2.09. The Morgan fingerprint density at radius 3 is 2.71 bits per heavy atom. The summed E-state index contributed by atoms with van der Waals surface area (Å²) in [5.41, 5.74) is 7.09. The summed E-state index contributed by atoms with van der Waals surface area (Å²) >= 11 is 0. The minimum absolute atomic E-state index is 0.450. The molecule has 14 heavy (non-hydrogen) atoms. The van der Waals surface area contributed by atoms with Crippen LogP contribution in [0.15, 0.2) is 24.3 Å². The number of rotatable bonds is 3. The number of nitrogens with zero attached hydrogens (tertiary/aromatic N) is 1. The SMILES string of the molecule is CNCc1ccccc1N(C)C(N)=O. The summed E-state index contributed by atoms with van der Waals surface area (Å²) in [6.07, 6.45) is 0. The molecule has 0 saturated heterocycles. The summed E-state index contributed by atoms with van der Waals surface area (Å²) in [6, 6.07) is 7.20. The fraction of sp³-hybridized carbons (Fsp3) is 0.300. The van der Waals surface area contributed by atoms with E-state index in [4.69, 9.17) is 5.73 Å². The molecule has 0 saturated carbocycles. The zero-order valence-corrected chi connectivity index (χ0v) is 8.45. The van der Waals surface area contributed by atoms with Gasteiger partial charge in [0.25, 0.3) is 0 Å². The lowest BCUT2D eigenvalue weighted by molar-refractivity contribution is 0.255. The van der Waals surface area contributed by atoms with Crippen LogP contribution in [0.4, 0.5) is 10.5 Å². The topological polar surface area (TPSA) is 58.4 Å². The second-order valence-corrected chi connectivity index (χ2v) is 3.06. The van der Waals surface area contributed by atoms with E-state index >= 15 is 0 Å². The van der Waals surface area contributed by atoms with Crippen molar-refractivity contribution in [2.45, 2.75) is 6.54 Å². The van der Waals surface area contributed by atoms with Crippen LogP contribution >= 0.6 is 0 Å². The first-order valence-corrected chi connectivity index (χ1v) is 4.42. The molecule has 1 aromatic carbocycles. The maximum absolute atomic E-state index is 11.0. The number of hydrogen-bond acceptors (Lipinski definition) is 2. The van der Waals surface area contributed by atoms with Gasteiger partial charge < -0.3 is 11.1 Å². The van der Waals surface area contributed by atoms with E-state index in [1.54, 1.807) is 7.05 Å². The highest BCUT2D eigenvalue weighted by atomic mass is 16.2. The van der Waals surface area contributed by atoms with Gasteiger partial charge in [-0.15, -0.1) is 0 Å². The summed E-state index contributed by atoms with van der Waals surface area (Å²) < 4.78 is 0. The van der Waals surface area contributed by atoms with Crippen LogP contribution in [0.5, 0.6) is 0 Å². The fourth-order valence-corrected chi connectivity index (χ4v) is 1.30. The summed E-state index contributed by atoms with van der Waals surface area (Å²) in [5.74, 6) is 0. The lowest BCUT2D eigenvalue weighted by Gasteiger charge is -2.18. The monoisotopic (exact) mass is 193 g/mol. The molecule has 0 fully saturated rings. The predicted molar refractivity (Wildman–Crippen MR) is 57.2 cm³/mol. The standard InChI is InChI=1S/C10H15N3O/c1-12-7-8-5-3-4-6-9(8)13(2)10(11)14/h3-6,12H,7H2,1-2H3,(H2,11,14). The highest BCUT2D eigenvalue weighted by molar-refractivity contribution is 5.90. The molecule has 2 amide bonds. The van der Waals surface area contributed by atoms with Crippen LogP contribution in [0, 0.1) is 0 Å². The van der Waals surface area contributed by atoms with Crippen molar-refractivity contribution in [1.82, 2.24) is 5.32 Å². The van der Waals surface area contributed by atoms with Crippen molar-refractivity contribution in [3.63, 3.8) is 0 Å². The van der Waals surface area contributed by atoms with E-state index in [-0.39, 0.29) is 0 Å². The third kappa shape index (κ3) is 2.23. The van der Waals surface area contributed by atoms with Gasteiger partial charge in [-0.25, -0.2) is 4.79 Å². The largest absolute Gasteiger partial charge is 0.351 e. The first-order chi connectivity index (χ1) is 6.66. The minimum Gasteiger partial charge on any atom is -0.351 e. The van der Waals surface area contributed by atoms with Crippen LogP contribution in [0.2, 0.25) is 0 Å². The molecular formula is C10H15N3O. The van der Waals surface area contributed by atoms with Crippen molar-refractivity contribution in [2.24, 2.45) is 5.73 Å². The van der Waals surface area contributed by atoms with Crippen LogP contribution in [0.25, 0.3) is 0 Å². The Hall–Kier alpha value is -1.55. The maximum Gasteiger partial charge on any atom is 0.319 e. The third-order valence-corrected chi connectivity index (χ3v) is 2.05. The number of primary amides is 1. The number of hydrogen-bond donors (Lipinski definition) is 2. The zero-order valence-electron chi connectivity index (χ0n) is 8.45. The van der Waals surface area contributed by atoms with Gasteiger partial charge in [0, 0.05) is 19.3 Å². The molecule has 76 valence electrons. The van der Waals surface area contributed by atoms with Crippen LogP contribution < -0.4 is 16.0 Å². The Kier molecular flexibility index (Phi) is 3.48. The number of urea groups is 1. The van der Waals surface area contributed by atoms with E-state index in [1.165, 1.54) is 4.90 Å². The summed E-state index contributed by atoms with van der Waals surface area (Å²) in [4.78, 5) is 12.4. The third-order valence-electron chi connectivity index (χ3n) is 2.05. The number of para-hydroxylation sites is 1. The second-order valence-electron chi connectivity index (χ2n) is 3.06. The second kappa shape index (κ2) is 4.62. The smallest absolute Gasteiger partial charge is 0.319 e. The number of nitrogens with two attached hydrogens (primary N) is 1. The number of amides is 2. The Morgan fingerprint density at radius 1 is 1.50 bits per heavy atom. The molecule has 1 rings (SSSR count). The maximum atomic E-state index is 11.0. The summed E-state index contributed by atoms with van der Waals surface area (Å²) in [7, 11) is 3.53. The van der Waals surface area contributed by atoms with E-state index in [9.17, 15) is 4.79 Å². The van der Waals surface area contributed by atoms with Gasteiger partial charge in [-0.05, 0) is 18.7 Å². The van der Waals surface area contributed by atoms with Crippen LogP contribution in [0.1, 0.15) is 5.56 Å². The van der Waals surface area contributed by atoms with Crippen molar-refractivity contribution in [3.8, 4) is 0 Å². The minimum atomic E-state index is -0.450. The molecule has 4 heteroatoms. The molecule has 3 N–H and O–H groups in total. The van der Waals surface area contributed by atoms with E-state index in [0.29, 0.717) is 6.54 Å². The molecule has 0 spiro atoms. The molecule has 0 atom stereocenters. The van der Waals surface area contributed by atoms with Crippen LogP contribution in [0.3, 0.4) is 0 Å². The van der Waals surface area contributed by atoms with Crippen molar-refractivity contribution >= 4 is 11.7 Å². The summed E-state index contributed by atoms with van der Waals surface area (Å²) in [6.45, 7) is 0.716. The number of benzene rings is 1. The van der Waals surface area contributed by atoms with E-state index in [1.807, 2.05) is 31.3 Å². The van der Waals surface area contributed by atoms with Gasteiger partial charge in [-0.2, -0.15) is 0 Å². The van der Waals surface area contributed by atoms with Crippen molar-refractivity contribution in [1.29, 1.82) is 0 Å². The molecule has 0 radical (unpaired) electrons. The van der Waals surface area contributed by atoms with Gasteiger partial charge >= 0.3 is 6.03 Å². The van der Waals surface area contributed by atoms with Crippen molar-refractivity contribution in [2.75, 3.05) is 19.0 Å². The normalized spacial score (nSPS) is 9.86. The molecule has 0 bridgehead atoms. The molecular weight excluding hydrogens is 178 g/mol. The molecule has 0 aliphatic rings. The van der Waals surface area contributed by atoms with Crippen molar-refractivity contribution < 1.29 is 4.79 Å². The van der Waals surface area contributed by atoms with E-state index < -0.39 is 6.03 Å². The molecule has 1 aromatic rings. The lowest BCUT2D eigenvalue weighted by Crippen LogP contribution is -2.32. The highest BCUT2D eigenvalue weighted by Crippen LogP contribution is 2.18. The number of carbonyl (C=O) groups is 1. The van der Waals surface area contributed by atoms with Gasteiger partial charge in [0.1, 0.15) is 0 Å². The fourth-order valence-electron chi connectivity index (χ4n) is 1.30. The Labute approximate surface area is 83.7 Å². The number of nitrogens with one attached hydrogen (secondary N) is 1. The number of anilines is 1. The first-order valence-electron chi connectivity index (χ1n) is 4.42. The van der Waals surface area contributed by atoms with Gasteiger partial charge in [-0.3, -0.25) is 4.90 Å². The number of carbonyl (C=O) groups excluding carboxylic acids is 1. The van der Waals surface area contributed by atoms with Crippen LogP contribution in [-0.4, -0.2) is 20.1 Å². The molecule has 0 aliphatic carbocycles. The Morgan fingerprint density at radius 2 is 2.14 bits per heavy atom. The molecule has 4 nitrogen and oxygen atoms in total. The predicted octanol–water partition coefficient (Wildman–Crippen LogP) is 0.921. The molecule has 0 unspecified atom stereocenters. The zero-order chi connectivity index (χ0) is 10.6. The molecule has 0 aliphatic heterocycles. The van der Waals surface area contributed by atoms with E-state index in [0.717, 1.165) is 11.3 Å². The Balaban J connectivity index is 3.00. The quantitative estimate of drug-likeness (QED) is 0.750. The average molecular weight is 193 g/mol. The van der Waals surface area contributed by atoms with Gasteiger partial charge in [-0.1, -0.05) is 18.2 Å². The van der Waals surface area contributed by atoms with Gasteiger partial charge in [0.15, 0.2) is 0 Å². The lowest BCUT2D eigenvalue weighted by atomic mass is 10.1. The molecule has 0 heterocycles. The first kappa shape index (κ1) is 10.5. The van der Waals surface area contributed by atoms with Gasteiger partial charge in [0.2, 0.25) is 0 Å². The van der Waals surface area contributed by atoms with E-state index in [2.05, 4.69) is 5.32 Å². The van der Waals surface area contributed by atoms with Crippen molar-refractivity contribution in [3.05, 3.63) is 29.8 Å². The van der Waals surface area contributed by atoms with Crippen LogP contribution in [-0.2, 0) is 6.54 Å². The van der Waals surface area contributed by atoms with Gasteiger partial charge in [0.05, 0.1) is 0 Å².